The van der Waals surface area contributed by atoms with E-state index in [4.69, 9.17) is 13.8 Å². The molecular formula is C12H9N3O4S. The van der Waals surface area contributed by atoms with Gasteiger partial charge in [0, 0.05) is 17.0 Å². The molecule has 0 aliphatic carbocycles. The van der Waals surface area contributed by atoms with Crippen molar-refractivity contribution in [2.24, 2.45) is 0 Å². The van der Waals surface area contributed by atoms with Gasteiger partial charge in [-0.3, -0.25) is 0 Å². The van der Waals surface area contributed by atoms with Gasteiger partial charge < -0.3 is 13.8 Å². The van der Waals surface area contributed by atoms with Crippen LogP contribution in [0.4, 0.5) is 0 Å². The lowest BCUT2D eigenvalue weighted by Crippen LogP contribution is -2.04. The van der Waals surface area contributed by atoms with Gasteiger partial charge in [0.15, 0.2) is 6.61 Å². The molecule has 3 heterocycles. The van der Waals surface area contributed by atoms with E-state index in [1.54, 1.807) is 6.92 Å². The smallest absolute Gasteiger partial charge is 0.377 e. The molecule has 0 radical (unpaired) electrons. The van der Waals surface area contributed by atoms with E-state index >= 15 is 0 Å². The number of hydrogen-bond acceptors (Lipinski definition) is 8. The summed E-state index contributed by atoms with van der Waals surface area (Å²) in [5, 5.41) is 11.2. The second-order valence-corrected chi connectivity index (χ2v) is 4.71. The lowest BCUT2D eigenvalue weighted by molar-refractivity contribution is 0.0383. The molecule has 3 aromatic heterocycles. The van der Waals surface area contributed by atoms with Crippen molar-refractivity contribution in [3.8, 4) is 11.4 Å². The van der Waals surface area contributed by atoms with Crippen LogP contribution in [-0.2, 0) is 11.3 Å². The molecule has 0 aliphatic rings. The highest BCUT2D eigenvalue weighted by molar-refractivity contribution is 7.08. The third-order valence-corrected chi connectivity index (χ3v) is 3.09. The molecule has 3 aromatic rings. The third-order valence-electron chi connectivity index (χ3n) is 2.40. The van der Waals surface area contributed by atoms with Crippen molar-refractivity contribution >= 4 is 17.3 Å². The first-order chi connectivity index (χ1) is 9.72. The van der Waals surface area contributed by atoms with Crippen LogP contribution in [0.1, 0.15) is 22.1 Å². The molecule has 0 N–H and O–H groups in total. The van der Waals surface area contributed by atoms with E-state index in [0.717, 1.165) is 5.56 Å². The zero-order chi connectivity index (χ0) is 13.9. The molecule has 102 valence electrons. The quantitative estimate of drug-likeness (QED) is 0.682. The summed E-state index contributed by atoms with van der Waals surface area (Å²) in [7, 11) is 0. The van der Waals surface area contributed by atoms with Crippen molar-refractivity contribution in [3.05, 3.63) is 40.2 Å². The van der Waals surface area contributed by atoms with Gasteiger partial charge in [0.05, 0.1) is 5.69 Å². The van der Waals surface area contributed by atoms with Crippen LogP contribution in [0.5, 0.6) is 0 Å². The molecule has 0 bridgehead atoms. The summed E-state index contributed by atoms with van der Waals surface area (Å²) in [5.41, 5.74) is 1.47. The minimum absolute atomic E-state index is 0.0417. The number of thiophene rings is 1. The molecule has 0 unspecified atom stereocenters. The van der Waals surface area contributed by atoms with Gasteiger partial charge in [-0.05, 0) is 18.4 Å². The van der Waals surface area contributed by atoms with Crippen LogP contribution < -0.4 is 0 Å². The summed E-state index contributed by atoms with van der Waals surface area (Å²) < 4.78 is 14.8. The van der Waals surface area contributed by atoms with Gasteiger partial charge in [-0.25, -0.2) is 4.79 Å². The monoisotopic (exact) mass is 291 g/mol. The number of rotatable bonds is 4. The average Bonchev–Trinajstić information content (AvgIpc) is 3.16. The van der Waals surface area contributed by atoms with Gasteiger partial charge >= 0.3 is 5.97 Å². The maximum Gasteiger partial charge on any atom is 0.377 e. The number of esters is 1. The highest BCUT2D eigenvalue weighted by atomic mass is 32.1. The maximum atomic E-state index is 11.6. The molecule has 0 saturated heterocycles. The SMILES string of the molecule is Cc1cc(C(=O)OCc2nc(-c3ccsc3)no2)on1. The largest absolute Gasteiger partial charge is 0.450 e. The Hall–Kier alpha value is -2.48. The van der Waals surface area contributed by atoms with Crippen molar-refractivity contribution in [1.82, 2.24) is 15.3 Å². The average molecular weight is 291 g/mol. The Morgan fingerprint density at radius 3 is 3.00 bits per heavy atom. The number of nitrogens with zero attached hydrogens (tertiary/aromatic N) is 3. The Kier molecular flexibility index (Phi) is 3.30. The second-order valence-electron chi connectivity index (χ2n) is 3.93. The molecule has 0 aliphatic heterocycles. The molecule has 3 rings (SSSR count). The standard InChI is InChI=1S/C12H9N3O4S/c1-7-4-9(18-14-7)12(16)17-5-10-13-11(15-19-10)8-2-3-20-6-8/h2-4,6H,5H2,1H3. The Bertz CT molecular complexity index is 717. The summed E-state index contributed by atoms with van der Waals surface area (Å²) in [5.74, 6) is 0.101. The highest BCUT2D eigenvalue weighted by Crippen LogP contribution is 2.19. The summed E-state index contributed by atoms with van der Waals surface area (Å²) in [6, 6.07) is 3.37. The van der Waals surface area contributed by atoms with Crippen molar-refractivity contribution in [3.63, 3.8) is 0 Å². The maximum absolute atomic E-state index is 11.6. The Labute approximate surface area is 117 Å². The minimum atomic E-state index is -0.624. The Morgan fingerprint density at radius 1 is 1.40 bits per heavy atom. The molecule has 0 saturated carbocycles. The van der Waals surface area contributed by atoms with Crippen LogP contribution in [0.2, 0.25) is 0 Å². The molecule has 7 nitrogen and oxygen atoms in total. The predicted octanol–water partition coefficient (Wildman–Crippen LogP) is 2.45. The van der Waals surface area contributed by atoms with Gasteiger partial charge in [-0.1, -0.05) is 10.3 Å². The zero-order valence-electron chi connectivity index (χ0n) is 10.4. The second kappa shape index (κ2) is 5.25. The first-order valence-electron chi connectivity index (χ1n) is 5.68. The Morgan fingerprint density at radius 2 is 2.30 bits per heavy atom. The van der Waals surface area contributed by atoms with Gasteiger partial charge in [-0.2, -0.15) is 16.3 Å². The lowest BCUT2D eigenvalue weighted by Gasteiger charge is -1.96. The number of aryl methyl sites for hydroxylation is 1. The van der Waals surface area contributed by atoms with E-state index in [0.29, 0.717) is 11.5 Å². The molecule has 0 atom stereocenters. The molecule has 8 heteroatoms. The fraction of sp³-hybridized carbons (Fsp3) is 0.167. The van der Waals surface area contributed by atoms with Gasteiger partial charge in [0.1, 0.15) is 0 Å². The van der Waals surface area contributed by atoms with Gasteiger partial charge in [0.25, 0.3) is 5.89 Å². The van der Waals surface area contributed by atoms with E-state index in [-0.39, 0.29) is 18.3 Å². The topological polar surface area (TPSA) is 91.2 Å². The van der Waals surface area contributed by atoms with Crippen LogP contribution >= 0.6 is 11.3 Å². The predicted molar refractivity (Wildman–Crippen MR) is 68.0 cm³/mol. The normalized spacial score (nSPS) is 10.7. The summed E-state index contributed by atoms with van der Waals surface area (Å²) >= 11 is 1.54. The molecule has 0 aromatic carbocycles. The van der Waals surface area contributed by atoms with Gasteiger partial charge in [0.2, 0.25) is 11.6 Å². The highest BCUT2D eigenvalue weighted by Gasteiger charge is 2.16. The number of aromatic nitrogens is 3. The van der Waals surface area contributed by atoms with Crippen LogP contribution in [0.15, 0.2) is 31.9 Å². The number of carbonyl (C=O) groups is 1. The van der Waals surface area contributed by atoms with E-state index in [9.17, 15) is 4.79 Å². The molecule has 0 fully saturated rings. The first-order valence-corrected chi connectivity index (χ1v) is 6.62. The van der Waals surface area contributed by atoms with E-state index in [2.05, 4.69) is 15.3 Å². The van der Waals surface area contributed by atoms with Gasteiger partial charge in [-0.15, -0.1) is 0 Å². The van der Waals surface area contributed by atoms with E-state index < -0.39 is 5.97 Å². The summed E-state index contributed by atoms with van der Waals surface area (Å²) in [6.07, 6.45) is 0. The van der Waals surface area contributed by atoms with E-state index in [1.165, 1.54) is 17.4 Å². The van der Waals surface area contributed by atoms with Crippen molar-refractivity contribution in [1.29, 1.82) is 0 Å². The molecular weight excluding hydrogens is 282 g/mol. The van der Waals surface area contributed by atoms with Crippen LogP contribution in [0.3, 0.4) is 0 Å². The van der Waals surface area contributed by atoms with Crippen molar-refractivity contribution in [2.75, 3.05) is 0 Å². The number of carbonyl (C=O) groups excluding carboxylic acids is 1. The van der Waals surface area contributed by atoms with Crippen molar-refractivity contribution < 1.29 is 18.6 Å². The first kappa shape index (κ1) is 12.5. The fourth-order valence-corrected chi connectivity index (χ4v) is 2.11. The van der Waals surface area contributed by atoms with Crippen LogP contribution in [0.25, 0.3) is 11.4 Å². The molecule has 0 amide bonds. The number of hydrogen-bond donors (Lipinski definition) is 0. The zero-order valence-corrected chi connectivity index (χ0v) is 11.2. The lowest BCUT2D eigenvalue weighted by atomic mass is 10.3. The number of ether oxygens (including phenoxy) is 1. The fourth-order valence-electron chi connectivity index (χ4n) is 1.48. The Balaban J connectivity index is 1.63. The molecule has 0 spiro atoms. The van der Waals surface area contributed by atoms with Crippen molar-refractivity contribution in [2.45, 2.75) is 13.5 Å². The van der Waals surface area contributed by atoms with Crippen LogP contribution in [0, 0.1) is 6.92 Å². The minimum Gasteiger partial charge on any atom is -0.450 e. The third kappa shape index (κ3) is 2.59. The van der Waals surface area contributed by atoms with E-state index in [1.807, 2.05) is 16.8 Å². The molecule has 20 heavy (non-hydrogen) atoms. The van der Waals surface area contributed by atoms with Crippen LogP contribution in [-0.4, -0.2) is 21.3 Å². The summed E-state index contributed by atoms with van der Waals surface area (Å²) in [4.78, 5) is 15.8. The summed E-state index contributed by atoms with van der Waals surface area (Å²) in [6.45, 7) is 1.60.